The molecule has 2 amide bonds. The Kier molecular flexibility index (Phi) is 8.47. The van der Waals surface area contributed by atoms with Crippen LogP contribution in [-0.4, -0.2) is 60.5 Å². The van der Waals surface area contributed by atoms with Gasteiger partial charge in [0.1, 0.15) is 23.7 Å². The van der Waals surface area contributed by atoms with Crippen LogP contribution >= 0.6 is 0 Å². The Balaban J connectivity index is 1.71. The van der Waals surface area contributed by atoms with Gasteiger partial charge in [0.05, 0.1) is 11.3 Å². The average molecular weight is 502 g/mol. The highest BCUT2D eigenvalue weighted by atomic mass is 32.2. The third-order valence-electron chi connectivity index (χ3n) is 5.94. The Morgan fingerprint density at radius 2 is 1.91 bits per heavy atom. The largest absolute Gasteiger partial charge is 0.507 e. The molecule has 6 N–H and O–H groups in total. The van der Waals surface area contributed by atoms with Crippen molar-refractivity contribution in [2.75, 3.05) is 12.3 Å². The number of carbonyl (C=O) groups excluding carboxylic acids is 2. The summed E-state index contributed by atoms with van der Waals surface area (Å²) >= 11 is 0. The second-order valence-corrected chi connectivity index (χ2v) is 10.5. The molecule has 1 heterocycles. The van der Waals surface area contributed by atoms with Crippen molar-refractivity contribution >= 4 is 27.7 Å². The van der Waals surface area contributed by atoms with E-state index in [-0.39, 0.29) is 41.8 Å². The van der Waals surface area contributed by atoms with E-state index in [9.17, 15) is 23.1 Å². The van der Waals surface area contributed by atoms with Gasteiger partial charge in [0.15, 0.2) is 0 Å². The van der Waals surface area contributed by atoms with Crippen molar-refractivity contribution in [1.29, 1.82) is 5.41 Å². The van der Waals surface area contributed by atoms with Crippen LogP contribution in [-0.2, 0) is 32.6 Å². The third-order valence-corrected chi connectivity index (χ3v) is 7.34. The van der Waals surface area contributed by atoms with Gasteiger partial charge in [0.2, 0.25) is 21.8 Å². The first-order valence-electron chi connectivity index (χ1n) is 11.4. The van der Waals surface area contributed by atoms with Crippen molar-refractivity contribution in [1.82, 2.24) is 14.9 Å². The van der Waals surface area contributed by atoms with Gasteiger partial charge in [0, 0.05) is 13.1 Å². The van der Waals surface area contributed by atoms with Gasteiger partial charge in [-0.25, -0.2) is 13.1 Å². The molecule has 0 bridgehead atoms. The molecule has 188 valence electrons. The molecule has 0 aromatic heterocycles. The predicted molar refractivity (Wildman–Crippen MR) is 132 cm³/mol. The number of sulfonamides is 1. The molecule has 2 unspecified atom stereocenters. The number of carbonyl (C=O) groups is 2. The molecule has 3 rings (SSSR count). The summed E-state index contributed by atoms with van der Waals surface area (Å²) in [6.45, 7) is 1.96. The molecule has 2 atom stereocenters. The summed E-state index contributed by atoms with van der Waals surface area (Å²) in [5, 5.41) is 20.2. The van der Waals surface area contributed by atoms with Gasteiger partial charge >= 0.3 is 0 Å². The topological polar surface area (TPSA) is 166 Å². The summed E-state index contributed by atoms with van der Waals surface area (Å²) in [4.78, 5) is 27.8. The maximum Gasteiger partial charge on any atom is 0.243 e. The van der Waals surface area contributed by atoms with Crippen LogP contribution in [0.5, 0.6) is 5.75 Å². The number of phenols is 1. The molecule has 1 fully saturated rings. The van der Waals surface area contributed by atoms with Gasteiger partial charge in [0.25, 0.3) is 0 Å². The fourth-order valence-corrected chi connectivity index (χ4v) is 4.84. The fraction of sp³-hybridized carbons (Fsp3) is 0.375. The highest BCUT2D eigenvalue weighted by Crippen LogP contribution is 2.21. The van der Waals surface area contributed by atoms with Crippen molar-refractivity contribution in [2.24, 2.45) is 5.73 Å². The number of nitrogens with one attached hydrogen (secondary N) is 3. The zero-order valence-electron chi connectivity index (χ0n) is 19.5. The molecule has 0 radical (unpaired) electrons. The minimum absolute atomic E-state index is 0.110. The number of likely N-dealkylation sites (tertiary alicyclic amines) is 1. The summed E-state index contributed by atoms with van der Waals surface area (Å²) in [5.74, 6) is -1.38. The minimum atomic E-state index is -3.66. The number of rotatable bonds is 10. The molecule has 0 saturated carbocycles. The first kappa shape index (κ1) is 26.2. The number of phenolic OH excluding ortho intramolecular Hbond substituents is 1. The molecule has 2 aromatic carbocycles. The van der Waals surface area contributed by atoms with Crippen molar-refractivity contribution < 1.29 is 23.1 Å². The second-order valence-electron chi connectivity index (χ2n) is 8.44. The van der Waals surface area contributed by atoms with Crippen molar-refractivity contribution in [2.45, 2.75) is 44.8 Å². The number of aromatic hydroxyl groups is 1. The number of nitrogens with two attached hydrogens (primary N) is 1. The lowest BCUT2D eigenvalue weighted by Gasteiger charge is -2.28. The van der Waals surface area contributed by atoms with Crippen LogP contribution in [0.3, 0.4) is 0 Å². The van der Waals surface area contributed by atoms with Gasteiger partial charge < -0.3 is 21.1 Å². The van der Waals surface area contributed by atoms with Crippen LogP contribution in [0.15, 0.2) is 48.5 Å². The number of hydrogen-bond acceptors (Lipinski definition) is 6. The van der Waals surface area contributed by atoms with Gasteiger partial charge in [-0.15, -0.1) is 0 Å². The summed E-state index contributed by atoms with van der Waals surface area (Å²) in [6.07, 6.45) is 1.26. The number of hydrogen-bond donors (Lipinski definition) is 5. The van der Waals surface area contributed by atoms with Crippen LogP contribution in [0.1, 0.15) is 36.5 Å². The van der Waals surface area contributed by atoms with E-state index in [4.69, 9.17) is 11.1 Å². The maximum absolute atomic E-state index is 13.4. The Morgan fingerprint density at radius 1 is 1.20 bits per heavy atom. The molecule has 35 heavy (non-hydrogen) atoms. The monoisotopic (exact) mass is 501 g/mol. The van der Waals surface area contributed by atoms with Crippen molar-refractivity contribution in [3.8, 4) is 5.75 Å². The summed E-state index contributed by atoms with van der Waals surface area (Å²) in [5.41, 5.74) is 7.02. The Labute approximate surface area is 205 Å². The molecule has 1 aliphatic heterocycles. The van der Waals surface area contributed by atoms with Gasteiger partial charge in [-0.05, 0) is 49.4 Å². The number of nitrogen functional groups attached to an aromatic ring is 1. The molecular formula is C24H31N5O5S. The van der Waals surface area contributed by atoms with E-state index in [1.807, 2.05) is 30.3 Å². The molecule has 10 nitrogen and oxygen atoms in total. The minimum Gasteiger partial charge on any atom is -0.507 e. The maximum atomic E-state index is 13.4. The number of benzene rings is 2. The van der Waals surface area contributed by atoms with E-state index in [1.54, 1.807) is 6.07 Å². The van der Waals surface area contributed by atoms with E-state index in [0.717, 1.165) is 5.56 Å². The number of amides is 2. The summed E-state index contributed by atoms with van der Waals surface area (Å²) in [6, 6.07) is 11.9. The lowest BCUT2D eigenvalue weighted by atomic mass is 10.0. The normalized spacial score (nSPS) is 16.6. The molecule has 0 spiro atoms. The van der Waals surface area contributed by atoms with Gasteiger partial charge in [-0.1, -0.05) is 36.4 Å². The Morgan fingerprint density at radius 3 is 2.54 bits per heavy atom. The van der Waals surface area contributed by atoms with Crippen LogP contribution in [0, 0.1) is 5.41 Å². The van der Waals surface area contributed by atoms with E-state index < -0.39 is 28.0 Å². The van der Waals surface area contributed by atoms with Gasteiger partial charge in [-0.2, -0.15) is 0 Å². The van der Waals surface area contributed by atoms with E-state index in [0.29, 0.717) is 24.9 Å². The standard InChI is InChI=1S/C24H31N5O5S/c1-2-35(33,34)28-19(13-16-7-4-3-5-8-16)24(32)29-12-6-9-20(29)23(31)27-15-17-10-11-18(22(25)26)21(30)14-17/h3-5,7-8,10-11,14,19-20,28,30H,2,6,9,12-13,15H2,1H3,(H3,25,26)(H,27,31). The SMILES string of the molecule is CCS(=O)(=O)NC(Cc1ccccc1)C(=O)N1CCCC1C(=O)NCc1ccc(C(=N)N)c(O)c1. The average Bonchev–Trinajstić information content (AvgIpc) is 3.32. The molecular weight excluding hydrogens is 470 g/mol. The van der Waals surface area contributed by atoms with Crippen LogP contribution in [0.2, 0.25) is 0 Å². The van der Waals surface area contributed by atoms with Crippen LogP contribution in [0.25, 0.3) is 0 Å². The zero-order chi connectivity index (χ0) is 25.6. The molecule has 11 heteroatoms. The van der Waals surface area contributed by atoms with E-state index >= 15 is 0 Å². The first-order chi connectivity index (χ1) is 16.6. The van der Waals surface area contributed by atoms with Crippen LogP contribution in [0.4, 0.5) is 0 Å². The van der Waals surface area contributed by atoms with Crippen molar-refractivity contribution in [3.05, 3.63) is 65.2 Å². The lowest BCUT2D eigenvalue weighted by Crippen LogP contribution is -2.54. The van der Waals surface area contributed by atoms with E-state index in [1.165, 1.54) is 24.0 Å². The van der Waals surface area contributed by atoms with Crippen LogP contribution < -0.4 is 15.8 Å². The Hall–Kier alpha value is -3.44. The van der Waals surface area contributed by atoms with Gasteiger partial charge in [-0.3, -0.25) is 15.0 Å². The molecule has 0 aliphatic carbocycles. The quantitative estimate of drug-likeness (QED) is 0.239. The predicted octanol–water partition coefficient (Wildman–Crippen LogP) is 0.834. The highest BCUT2D eigenvalue weighted by Gasteiger charge is 2.38. The fourth-order valence-electron chi connectivity index (χ4n) is 4.05. The lowest BCUT2D eigenvalue weighted by molar-refractivity contribution is -0.139. The summed E-state index contributed by atoms with van der Waals surface area (Å²) in [7, 11) is -3.66. The second kappa shape index (κ2) is 11.3. The van der Waals surface area contributed by atoms with Crippen molar-refractivity contribution in [3.63, 3.8) is 0 Å². The highest BCUT2D eigenvalue weighted by molar-refractivity contribution is 7.89. The number of amidine groups is 1. The van der Waals surface area contributed by atoms with E-state index in [2.05, 4.69) is 10.0 Å². The zero-order valence-corrected chi connectivity index (χ0v) is 20.3. The molecule has 2 aromatic rings. The number of nitrogens with zero attached hydrogens (tertiary/aromatic N) is 1. The third kappa shape index (κ3) is 6.80. The molecule has 1 aliphatic rings. The smallest absolute Gasteiger partial charge is 0.243 e. The Bertz CT molecular complexity index is 1190. The summed E-state index contributed by atoms with van der Waals surface area (Å²) < 4.78 is 27.1. The first-order valence-corrected chi connectivity index (χ1v) is 13.0. The molecule has 1 saturated heterocycles.